The third kappa shape index (κ3) is 3.35. The number of allylic oxidation sites excluding steroid dienone is 2. The molecular formula is C22H23ClN2O3. The summed E-state index contributed by atoms with van der Waals surface area (Å²) in [5.41, 5.74) is 3.05. The van der Waals surface area contributed by atoms with E-state index in [-0.39, 0.29) is 22.7 Å². The lowest BCUT2D eigenvalue weighted by atomic mass is 9.77. The smallest absolute Gasteiger partial charge is 0.288 e. The van der Waals surface area contributed by atoms with Gasteiger partial charge in [-0.25, -0.2) is 0 Å². The van der Waals surface area contributed by atoms with E-state index in [1.54, 1.807) is 12.1 Å². The lowest BCUT2D eigenvalue weighted by Crippen LogP contribution is -2.29. The molecule has 0 fully saturated rings. The van der Waals surface area contributed by atoms with Gasteiger partial charge in [0.1, 0.15) is 10.8 Å². The van der Waals surface area contributed by atoms with Gasteiger partial charge in [-0.1, -0.05) is 55.3 Å². The molecule has 0 amide bonds. The molecule has 4 rings (SSSR count). The molecule has 3 unspecified atom stereocenters. The van der Waals surface area contributed by atoms with Gasteiger partial charge in [0.05, 0.1) is 23.3 Å². The van der Waals surface area contributed by atoms with Crippen molar-refractivity contribution in [3.63, 3.8) is 0 Å². The standard InChI is InChI=1S/C22H23ClN2O3/c1-2-3-12-28-20-9-5-8-17-15-6-4-7-16(15)21(24-22(17)20)14-10-11-18(23)19(13-14)25(26)27/h4-6,8-11,13,15-16,21,24H,2-3,7,12H2,1H3. The topological polar surface area (TPSA) is 64.4 Å². The third-order valence-electron chi connectivity index (χ3n) is 5.64. The van der Waals surface area contributed by atoms with Crippen molar-refractivity contribution in [2.24, 2.45) is 5.92 Å². The van der Waals surface area contributed by atoms with E-state index in [4.69, 9.17) is 16.3 Å². The summed E-state index contributed by atoms with van der Waals surface area (Å²) in [6.07, 6.45) is 7.46. The zero-order chi connectivity index (χ0) is 19.7. The first-order chi connectivity index (χ1) is 13.6. The SMILES string of the molecule is CCCCOc1cccc2c1NC(c1ccc(Cl)c([N+](=O)[O-])c1)C1CC=CC21. The number of benzene rings is 2. The molecule has 0 spiro atoms. The van der Waals surface area contributed by atoms with Crippen LogP contribution in [-0.4, -0.2) is 11.5 Å². The molecule has 2 aliphatic rings. The number of unbranched alkanes of at least 4 members (excludes halogenated alkanes) is 1. The predicted molar refractivity (Wildman–Crippen MR) is 111 cm³/mol. The molecule has 0 aromatic heterocycles. The highest BCUT2D eigenvalue weighted by Crippen LogP contribution is 2.52. The summed E-state index contributed by atoms with van der Waals surface area (Å²) < 4.78 is 6.04. The second kappa shape index (κ2) is 7.84. The molecule has 0 saturated heterocycles. The van der Waals surface area contributed by atoms with Crippen LogP contribution in [0, 0.1) is 16.0 Å². The molecule has 28 heavy (non-hydrogen) atoms. The number of anilines is 1. The summed E-state index contributed by atoms with van der Waals surface area (Å²) in [6, 6.07) is 11.2. The van der Waals surface area contributed by atoms with Crippen molar-refractivity contribution in [2.45, 2.75) is 38.1 Å². The first kappa shape index (κ1) is 18.8. The third-order valence-corrected chi connectivity index (χ3v) is 5.96. The lowest BCUT2D eigenvalue weighted by molar-refractivity contribution is -0.384. The molecule has 6 heteroatoms. The van der Waals surface area contributed by atoms with Gasteiger partial charge in [-0.15, -0.1) is 0 Å². The Balaban J connectivity index is 1.73. The Morgan fingerprint density at radius 3 is 2.96 bits per heavy atom. The van der Waals surface area contributed by atoms with Crippen molar-refractivity contribution in [3.05, 3.63) is 74.8 Å². The lowest BCUT2D eigenvalue weighted by Gasteiger charge is -2.38. The molecule has 1 heterocycles. The number of ether oxygens (including phenoxy) is 1. The molecule has 1 N–H and O–H groups in total. The fourth-order valence-corrected chi connectivity index (χ4v) is 4.42. The quantitative estimate of drug-likeness (QED) is 0.270. The van der Waals surface area contributed by atoms with Crippen LogP contribution in [0.1, 0.15) is 49.3 Å². The number of para-hydroxylation sites is 1. The van der Waals surface area contributed by atoms with Crippen molar-refractivity contribution in [1.29, 1.82) is 0 Å². The molecule has 1 aliphatic carbocycles. The van der Waals surface area contributed by atoms with Gasteiger partial charge in [0, 0.05) is 12.0 Å². The molecule has 146 valence electrons. The van der Waals surface area contributed by atoms with E-state index >= 15 is 0 Å². The largest absolute Gasteiger partial charge is 0.491 e. The van der Waals surface area contributed by atoms with Gasteiger partial charge in [0.25, 0.3) is 5.69 Å². The van der Waals surface area contributed by atoms with Crippen LogP contribution in [0.3, 0.4) is 0 Å². The molecule has 0 saturated carbocycles. The number of hydrogen-bond donors (Lipinski definition) is 1. The Bertz CT molecular complexity index is 928. The first-order valence-corrected chi connectivity index (χ1v) is 10.1. The van der Waals surface area contributed by atoms with Crippen LogP contribution in [0.5, 0.6) is 5.75 Å². The predicted octanol–water partition coefficient (Wildman–Crippen LogP) is 6.25. The van der Waals surface area contributed by atoms with Gasteiger partial charge in [0.15, 0.2) is 0 Å². The highest BCUT2D eigenvalue weighted by atomic mass is 35.5. The van der Waals surface area contributed by atoms with Crippen molar-refractivity contribution in [3.8, 4) is 5.75 Å². The Morgan fingerprint density at radius 2 is 2.18 bits per heavy atom. The van der Waals surface area contributed by atoms with Crippen LogP contribution in [0.2, 0.25) is 5.02 Å². The first-order valence-electron chi connectivity index (χ1n) is 9.73. The van der Waals surface area contributed by atoms with Gasteiger partial charge in [-0.2, -0.15) is 0 Å². The number of nitrogens with one attached hydrogen (secondary N) is 1. The number of nitro groups is 1. The Kier molecular flexibility index (Phi) is 5.27. The van der Waals surface area contributed by atoms with Crippen LogP contribution in [0.15, 0.2) is 48.6 Å². The van der Waals surface area contributed by atoms with Crippen LogP contribution in [0.25, 0.3) is 0 Å². The van der Waals surface area contributed by atoms with Crippen molar-refractivity contribution in [2.75, 3.05) is 11.9 Å². The summed E-state index contributed by atoms with van der Waals surface area (Å²) >= 11 is 6.02. The second-order valence-corrected chi connectivity index (χ2v) is 7.77. The van der Waals surface area contributed by atoms with E-state index in [0.29, 0.717) is 12.5 Å². The highest BCUT2D eigenvalue weighted by molar-refractivity contribution is 6.32. The summed E-state index contributed by atoms with van der Waals surface area (Å²) in [6.45, 7) is 2.81. The number of rotatable bonds is 6. The highest BCUT2D eigenvalue weighted by Gasteiger charge is 2.39. The minimum Gasteiger partial charge on any atom is -0.491 e. The number of fused-ring (bicyclic) bond motifs is 3. The molecule has 1 aliphatic heterocycles. The summed E-state index contributed by atoms with van der Waals surface area (Å²) in [4.78, 5) is 10.9. The average Bonchev–Trinajstić information content (AvgIpc) is 3.18. The van der Waals surface area contributed by atoms with Crippen molar-refractivity contribution >= 4 is 23.0 Å². The molecule has 3 atom stereocenters. The van der Waals surface area contributed by atoms with Crippen LogP contribution in [0.4, 0.5) is 11.4 Å². The number of nitrogens with zero attached hydrogens (tertiary/aromatic N) is 1. The second-order valence-electron chi connectivity index (χ2n) is 7.37. The Hall–Kier alpha value is -2.53. The molecule has 0 radical (unpaired) electrons. The molecule has 2 aromatic rings. The normalized spacial score (nSPS) is 22.3. The van der Waals surface area contributed by atoms with Crippen molar-refractivity contribution < 1.29 is 9.66 Å². The van der Waals surface area contributed by atoms with Gasteiger partial charge >= 0.3 is 0 Å². The van der Waals surface area contributed by atoms with Gasteiger partial charge in [-0.05, 0) is 42.0 Å². The fraction of sp³-hybridized carbons (Fsp3) is 0.364. The molecule has 5 nitrogen and oxygen atoms in total. The maximum Gasteiger partial charge on any atom is 0.288 e. The molecular weight excluding hydrogens is 376 g/mol. The van der Waals surface area contributed by atoms with Gasteiger partial charge in [-0.3, -0.25) is 10.1 Å². The summed E-state index contributed by atoms with van der Waals surface area (Å²) in [5.74, 6) is 1.42. The zero-order valence-corrected chi connectivity index (χ0v) is 16.5. The monoisotopic (exact) mass is 398 g/mol. The van der Waals surface area contributed by atoms with Gasteiger partial charge < -0.3 is 10.1 Å². The fourth-order valence-electron chi connectivity index (χ4n) is 4.23. The maximum atomic E-state index is 11.4. The molecule has 2 aromatic carbocycles. The zero-order valence-electron chi connectivity index (χ0n) is 15.7. The summed E-state index contributed by atoms with van der Waals surface area (Å²) in [7, 11) is 0. The molecule has 0 bridgehead atoms. The Morgan fingerprint density at radius 1 is 1.32 bits per heavy atom. The van der Waals surface area contributed by atoms with Crippen LogP contribution < -0.4 is 10.1 Å². The number of halogens is 1. The maximum absolute atomic E-state index is 11.4. The van der Waals surface area contributed by atoms with E-state index in [0.717, 1.165) is 36.3 Å². The number of hydrogen-bond acceptors (Lipinski definition) is 4. The van der Waals surface area contributed by atoms with E-state index in [2.05, 4.69) is 30.5 Å². The van der Waals surface area contributed by atoms with E-state index in [1.807, 2.05) is 18.2 Å². The van der Waals surface area contributed by atoms with E-state index < -0.39 is 4.92 Å². The minimum atomic E-state index is -0.424. The Labute approximate surface area is 169 Å². The van der Waals surface area contributed by atoms with E-state index in [1.165, 1.54) is 5.56 Å². The average molecular weight is 399 g/mol. The van der Waals surface area contributed by atoms with Crippen LogP contribution >= 0.6 is 11.6 Å². The van der Waals surface area contributed by atoms with Gasteiger partial charge in [0.2, 0.25) is 0 Å². The van der Waals surface area contributed by atoms with E-state index in [9.17, 15) is 10.1 Å². The number of nitro benzene ring substituents is 1. The summed E-state index contributed by atoms with van der Waals surface area (Å²) in [5, 5.41) is 15.1. The van der Waals surface area contributed by atoms with Crippen molar-refractivity contribution in [1.82, 2.24) is 0 Å². The minimum absolute atomic E-state index is 0.0422. The van der Waals surface area contributed by atoms with Crippen LogP contribution in [-0.2, 0) is 0 Å².